The molecule has 200 valence electrons. The molecular formula is C31H30N2O5S. The van der Waals surface area contributed by atoms with E-state index in [1.165, 1.54) is 16.2 Å². The van der Waals surface area contributed by atoms with Crippen molar-refractivity contribution in [3.8, 4) is 11.5 Å². The zero-order chi connectivity index (χ0) is 27.5. The lowest BCUT2D eigenvalue weighted by molar-refractivity contribution is -0.132. The predicted octanol–water partition coefficient (Wildman–Crippen LogP) is 6.67. The Morgan fingerprint density at radius 3 is 2.46 bits per heavy atom. The molecule has 1 aliphatic rings. The first-order valence-corrected chi connectivity index (χ1v) is 13.9. The number of aryl methyl sites for hydroxylation is 1. The third kappa shape index (κ3) is 5.12. The predicted molar refractivity (Wildman–Crippen MR) is 154 cm³/mol. The monoisotopic (exact) mass is 542 g/mol. The van der Waals surface area contributed by atoms with E-state index in [-0.39, 0.29) is 11.3 Å². The van der Waals surface area contributed by atoms with E-state index in [0.717, 1.165) is 23.1 Å². The minimum Gasteiger partial charge on any atom is -0.507 e. The zero-order valence-corrected chi connectivity index (χ0v) is 23.0. The number of carbonyl (C=O) groups is 2. The van der Waals surface area contributed by atoms with Gasteiger partial charge < -0.3 is 14.6 Å². The molecule has 1 amide bonds. The van der Waals surface area contributed by atoms with Gasteiger partial charge in [-0.15, -0.1) is 0 Å². The number of fused-ring (bicyclic) bond motifs is 1. The number of aromatic nitrogens is 1. The molecule has 0 bridgehead atoms. The number of rotatable bonds is 9. The number of thiazole rings is 1. The average molecular weight is 543 g/mol. The first-order valence-electron chi connectivity index (χ1n) is 13.1. The number of hydrogen-bond acceptors (Lipinski definition) is 7. The van der Waals surface area contributed by atoms with Crippen LogP contribution < -0.4 is 14.4 Å². The highest BCUT2D eigenvalue weighted by molar-refractivity contribution is 7.22. The highest BCUT2D eigenvalue weighted by Crippen LogP contribution is 2.44. The van der Waals surface area contributed by atoms with Crippen LogP contribution >= 0.6 is 11.3 Å². The lowest BCUT2D eigenvalue weighted by Gasteiger charge is -2.23. The van der Waals surface area contributed by atoms with Gasteiger partial charge in [-0.05, 0) is 61.2 Å². The Morgan fingerprint density at radius 1 is 0.974 bits per heavy atom. The normalized spacial score (nSPS) is 16.7. The minimum absolute atomic E-state index is 0.0196. The number of ketones is 1. The Kier molecular flexibility index (Phi) is 7.65. The van der Waals surface area contributed by atoms with E-state index in [2.05, 4.69) is 6.92 Å². The summed E-state index contributed by atoms with van der Waals surface area (Å²) in [5.41, 5.74) is 2.95. The van der Waals surface area contributed by atoms with Crippen LogP contribution in [0.25, 0.3) is 16.0 Å². The molecule has 8 heteroatoms. The number of carbonyl (C=O) groups excluding carboxylic acids is 2. The van der Waals surface area contributed by atoms with Gasteiger partial charge in [-0.25, -0.2) is 4.98 Å². The van der Waals surface area contributed by atoms with Gasteiger partial charge in [-0.2, -0.15) is 0 Å². The highest BCUT2D eigenvalue weighted by Gasteiger charge is 2.48. The van der Waals surface area contributed by atoms with Crippen molar-refractivity contribution < 1.29 is 24.2 Å². The topological polar surface area (TPSA) is 89.0 Å². The Hall–Kier alpha value is -4.17. The average Bonchev–Trinajstić information content (AvgIpc) is 3.49. The van der Waals surface area contributed by atoms with Gasteiger partial charge >= 0.3 is 5.91 Å². The van der Waals surface area contributed by atoms with Crippen molar-refractivity contribution >= 4 is 44.1 Å². The Balaban J connectivity index is 1.65. The maximum absolute atomic E-state index is 13.6. The summed E-state index contributed by atoms with van der Waals surface area (Å²) in [5.74, 6) is -0.453. The van der Waals surface area contributed by atoms with Crippen LogP contribution in [0.2, 0.25) is 0 Å². The molecule has 1 aromatic heterocycles. The zero-order valence-electron chi connectivity index (χ0n) is 22.1. The maximum Gasteiger partial charge on any atom is 0.301 e. The summed E-state index contributed by atoms with van der Waals surface area (Å²) in [6.07, 6.45) is 1.69. The van der Waals surface area contributed by atoms with Crippen LogP contribution in [0.4, 0.5) is 5.13 Å². The number of aliphatic hydroxyl groups is 1. The molecule has 5 rings (SSSR count). The molecule has 0 spiro atoms. The van der Waals surface area contributed by atoms with Gasteiger partial charge in [0.2, 0.25) is 0 Å². The first kappa shape index (κ1) is 26.4. The van der Waals surface area contributed by atoms with Gasteiger partial charge in [-0.1, -0.05) is 61.6 Å². The van der Waals surface area contributed by atoms with Gasteiger partial charge in [0.05, 0.1) is 35.0 Å². The van der Waals surface area contributed by atoms with E-state index in [0.29, 0.717) is 46.5 Å². The Bertz CT molecular complexity index is 1560. The smallest absolute Gasteiger partial charge is 0.301 e. The lowest BCUT2D eigenvalue weighted by Crippen LogP contribution is -2.29. The number of benzene rings is 3. The molecule has 1 aliphatic heterocycles. The summed E-state index contributed by atoms with van der Waals surface area (Å²) in [4.78, 5) is 33.2. The van der Waals surface area contributed by atoms with E-state index >= 15 is 0 Å². The molecular weight excluding hydrogens is 512 g/mol. The lowest BCUT2D eigenvalue weighted by atomic mass is 9.94. The first-order chi connectivity index (χ1) is 18.9. The summed E-state index contributed by atoms with van der Waals surface area (Å²) in [6, 6.07) is 19.4. The van der Waals surface area contributed by atoms with Gasteiger partial charge in [-0.3, -0.25) is 14.5 Å². The molecule has 1 fully saturated rings. The summed E-state index contributed by atoms with van der Waals surface area (Å²) in [7, 11) is 0. The molecule has 0 radical (unpaired) electrons. The second kappa shape index (κ2) is 11.3. The molecule has 1 atom stereocenters. The summed E-state index contributed by atoms with van der Waals surface area (Å²) < 4.78 is 12.2. The SMILES string of the molecule is CCCOc1cccc(C(O)=C2C(=O)C(=O)N(c3nc4ccc(OCC)cc4s3)C2c2ccc(CC)cc2)c1. The Morgan fingerprint density at radius 2 is 1.74 bits per heavy atom. The van der Waals surface area contributed by atoms with Crippen LogP contribution in [0, 0.1) is 0 Å². The fourth-order valence-corrected chi connectivity index (χ4v) is 5.66. The van der Waals surface area contributed by atoms with E-state index in [9.17, 15) is 14.7 Å². The van der Waals surface area contributed by atoms with Crippen LogP contribution in [-0.4, -0.2) is 35.0 Å². The van der Waals surface area contributed by atoms with Crippen molar-refractivity contribution in [2.75, 3.05) is 18.1 Å². The second-order valence-electron chi connectivity index (χ2n) is 9.20. The fourth-order valence-electron chi connectivity index (χ4n) is 4.64. The number of hydrogen-bond donors (Lipinski definition) is 1. The van der Waals surface area contributed by atoms with E-state index in [1.54, 1.807) is 24.3 Å². The molecule has 1 saturated heterocycles. The molecule has 0 saturated carbocycles. The Labute approximate surface area is 231 Å². The van der Waals surface area contributed by atoms with E-state index in [4.69, 9.17) is 14.5 Å². The van der Waals surface area contributed by atoms with Crippen LogP contribution in [0.3, 0.4) is 0 Å². The minimum atomic E-state index is -0.844. The van der Waals surface area contributed by atoms with Crippen LogP contribution in [0.15, 0.2) is 72.3 Å². The van der Waals surface area contributed by atoms with Crippen molar-refractivity contribution in [1.29, 1.82) is 0 Å². The van der Waals surface area contributed by atoms with Gasteiger partial charge in [0.1, 0.15) is 17.3 Å². The standard InChI is InChI=1S/C31H30N2O5S/c1-4-16-38-22-9-7-8-21(17-22)28(34)26-27(20-12-10-19(5-2)11-13-20)33(30(36)29(26)35)31-32-24-15-14-23(37-6-3)18-25(24)39-31/h7-15,17-18,27,34H,4-6,16H2,1-3H3. The quantitative estimate of drug-likeness (QED) is 0.144. The molecule has 1 N–H and O–H groups in total. The second-order valence-corrected chi connectivity index (χ2v) is 10.2. The number of amides is 1. The summed E-state index contributed by atoms with van der Waals surface area (Å²) in [6.45, 7) is 7.05. The fraction of sp³-hybridized carbons (Fsp3) is 0.258. The molecule has 3 aromatic carbocycles. The number of nitrogens with zero attached hydrogens (tertiary/aromatic N) is 2. The number of Topliss-reactive ketones (excluding diaryl/α,β-unsaturated/α-hetero) is 1. The molecule has 1 unspecified atom stereocenters. The van der Waals surface area contributed by atoms with Crippen molar-refractivity contribution in [2.45, 2.75) is 39.7 Å². The number of aliphatic hydroxyl groups excluding tert-OH is 1. The third-order valence-corrected chi connectivity index (χ3v) is 7.61. The number of anilines is 1. The highest BCUT2D eigenvalue weighted by atomic mass is 32.1. The van der Waals surface area contributed by atoms with E-state index in [1.807, 2.05) is 56.3 Å². The summed E-state index contributed by atoms with van der Waals surface area (Å²) >= 11 is 1.31. The molecule has 0 aliphatic carbocycles. The molecule has 7 nitrogen and oxygen atoms in total. The summed E-state index contributed by atoms with van der Waals surface area (Å²) in [5, 5.41) is 11.9. The molecule has 2 heterocycles. The third-order valence-electron chi connectivity index (χ3n) is 6.59. The number of ether oxygens (including phenoxy) is 2. The maximum atomic E-state index is 13.6. The van der Waals surface area contributed by atoms with E-state index < -0.39 is 17.7 Å². The molecule has 4 aromatic rings. The van der Waals surface area contributed by atoms with Crippen LogP contribution in [-0.2, 0) is 16.0 Å². The van der Waals surface area contributed by atoms with Crippen molar-refractivity contribution in [3.63, 3.8) is 0 Å². The van der Waals surface area contributed by atoms with Crippen molar-refractivity contribution in [3.05, 3.63) is 89.0 Å². The van der Waals surface area contributed by atoms with Crippen LogP contribution in [0.5, 0.6) is 11.5 Å². The van der Waals surface area contributed by atoms with Gasteiger partial charge in [0.15, 0.2) is 5.13 Å². The van der Waals surface area contributed by atoms with Crippen molar-refractivity contribution in [2.24, 2.45) is 0 Å². The largest absolute Gasteiger partial charge is 0.507 e. The van der Waals surface area contributed by atoms with Gasteiger partial charge in [0, 0.05) is 5.56 Å². The van der Waals surface area contributed by atoms with Crippen molar-refractivity contribution in [1.82, 2.24) is 4.98 Å². The molecule has 39 heavy (non-hydrogen) atoms. The van der Waals surface area contributed by atoms with Gasteiger partial charge in [0.25, 0.3) is 5.78 Å². The van der Waals surface area contributed by atoms with Crippen LogP contribution in [0.1, 0.15) is 49.9 Å².